The number of aliphatic carboxylic acids is 2. The number of carbonyl (C=O) groups is 4. The van der Waals surface area contributed by atoms with Gasteiger partial charge in [-0.3, -0.25) is 19.2 Å². The van der Waals surface area contributed by atoms with E-state index in [9.17, 15) is 19.2 Å². The van der Waals surface area contributed by atoms with Crippen LogP contribution in [0, 0.1) is 0 Å². The second-order valence-corrected chi connectivity index (χ2v) is 16.1. The molecule has 0 bridgehead atoms. The first-order valence-corrected chi connectivity index (χ1v) is 23.1. The van der Waals surface area contributed by atoms with Crippen LogP contribution < -0.4 is 0 Å². The van der Waals surface area contributed by atoms with Gasteiger partial charge in [-0.25, -0.2) is 0 Å². The van der Waals surface area contributed by atoms with Crippen LogP contribution in [0.15, 0.2) is 0 Å². The van der Waals surface area contributed by atoms with E-state index in [1.165, 1.54) is 77.0 Å². The maximum Gasteiger partial charge on any atom is 0.306 e. The quantitative estimate of drug-likeness (QED) is 0.0464. The van der Waals surface area contributed by atoms with Gasteiger partial charge in [-0.15, -0.1) is 0 Å². The van der Waals surface area contributed by atoms with Crippen molar-refractivity contribution in [3.8, 4) is 0 Å². The van der Waals surface area contributed by atoms with Crippen molar-refractivity contribution in [3.63, 3.8) is 0 Å². The highest BCUT2D eigenvalue weighted by Gasteiger charge is 2.16. The Morgan fingerprint density at radius 2 is 0.556 bits per heavy atom. The Kier molecular flexibility index (Phi) is 38.9. The van der Waals surface area contributed by atoms with E-state index in [0.717, 1.165) is 141 Å². The van der Waals surface area contributed by atoms with Gasteiger partial charge in [0.15, 0.2) is 0 Å². The molecule has 0 fully saturated rings. The maximum atomic E-state index is 12.7. The van der Waals surface area contributed by atoms with Crippen LogP contribution in [0.5, 0.6) is 0 Å². The summed E-state index contributed by atoms with van der Waals surface area (Å²) in [6.45, 7) is 4.43. The van der Waals surface area contributed by atoms with Gasteiger partial charge >= 0.3 is 23.9 Å². The molecule has 0 aromatic rings. The Morgan fingerprint density at radius 1 is 0.333 bits per heavy atom. The van der Waals surface area contributed by atoms with Crippen LogP contribution in [0.4, 0.5) is 0 Å². The summed E-state index contributed by atoms with van der Waals surface area (Å²) in [6.07, 6.45) is 38.3. The summed E-state index contributed by atoms with van der Waals surface area (Å²) in [5.41, 5.74) is 0. The van der Waals surface area contributed by atoms with E-state index in [2.05, 4.69) is 13.8 Å². The second kappa shape index (κ2) is 40.5. The second-order valence-electron chi connectivity index (χ2n) is 16.1. The van der Waals surface area contributed by atoms with Crippen LogP contribution in [-0.2, 0) is 28.7 Å². The van der Waals surface area contributed by atoms with E-state index in [4.69, 9.17) is 19.7 Å². The van der Waals surface area contributed by atoms with Gasteiger partial charge < -0.3 is 19.7 Å². The number of carboxylic acid groups (broad SMARTS) is 2. The molecule has 0 heterocycles. The fourth-order valence-electron chi connectivity index (χ4n) is 7.28. The summed E-state index contributed by atoms with van der Waals surface area (Å²) in [5.74, 6) is -1.49. The van der Waals surface area contributed by atoms with Crippen molar-refractivity contribution < 1.29 is 38.9 Å². The number of unbranched alkanes of at least 4 members (excludes halogenated alkanes) is 25. The largest absolute Gasteiger partial charge is 0.481 e. The molecule has 0 saturated carbocycles. The summed E-state index contributed by atoms with van der Waals surface area (Å²) < 4.78 is 11.9. The molecule has 8 heteroatoms. The molecule has 0 radical (unpaired) electrons. The summed E-state index contributed by atoms with van der Waals surface area (Å²) in [4.78, 5) is 46.6. The minimum absolute atomic E-state index is 0.0419. The first-order chi connectivity index (χ1) is 26.3. The number of esters is 2. The van der Waals surface area contributed by atoms with Crippen molar-refractivity contribution in [2.24, 2.45) is 0 Å². The summed E-state index contributed by atoms with van der Waals surface area (Å²) in [5, 5.41) is 17.5. The molecule has 2 N–H and O–H groups in total. The van der Waals surface area contributed by atoms with Crippen molar-refractivity contribution >= 4 is 23.9 Å². The molecule has 0 spiro atoms. The Morgan fingerprint density at radius 3 is 0.815 bits per heavy atom. The molecular weight excluding hydrogens is 680 g/mol. The lowest BCUT2D eigenvalue weighted by molar-refractivity contribution is -0.151. The number of ether oxygens (including phenoxy) is 2. The van der Waals surface area contributed by atoms with Crippen LogP contribution in [0.1, 0.15) is 258 Å². The van der Waals surface area contributed by atoms with Gasteiger partial charge in [0.05, 0.1) is 0 Å². The predicted molar refractivity (Wildman–Crippen MR) is 222 cm³/mol. The number of carbonyl (C=O) groups excluding carboxylic acids is 2. The number of hydrogen-bond donors (Lipinski definition) is 2. The van der Waals surface area contributed by atoms with Crippen LogP contribution in [-0.4, -0.2) is 46.3 Å². The van der Waals surface area contributed by atoms with Crippen LogP contribution in [0.3, 0.4) is 0 Å². The van der Waals surface area contributed by atoms with Gasteiger partial charge in [-0.1, -0.05) is 155 Å². The zero-order valence-corrected chi connectivity index (χ0v) is 35.4. The number of carboxylic acids is 2. The first-order valence-electron chi connectivity index (χ1n) is 23.1. The molecule has 0 saturated heterocycles. The van der Waals surface area contributed by atoms with Crippen LogP contribution in [0.25, 0.3) is 0 Å². The zero-order valence-electron chi connectivity index (χ0n) is 35.4. The van der Waals surface area contributed by atoms with Crippen molar-refractivity contribution in [3.05, 3.63) is 0 Å². The average Bonchev–Trinajstić information content (AvgIpc) is 3.13. The molecule has 8 nitrogen and oxygen atoms in total. The Bertz CT molecular complexity index is 805. The lowest BCUT2D eigenvalue weighted by atomic mass is 10.0. The fourth-order valence-corrected chi connectivity index (χ4v) is 7.28. The van der Waals surface area contributed by atoms with Crippen LogP contribution >= 0.6 is 0 Å². The van der Waals surface area contributed by atoms with E-state index < -0.39 is 11.9 Å². The molecule has 0 aromatic heterocycles. The molecule has 2 unspecified atom stereocenters. The average molecular weight is 767 g/mol. The zero-order chi connectivity index (χ0) is 39.7. The molecule has 0 aromatic carbocycles. The topological polar surface area (TPSA) is 127 Å². The highest BCUT2D eigenvalue weighted by atomic mass is 16.5. The van der Waals surface area contributed by atoms with E-state index in [0.29, 0.717) is 12.8 Å². The van der Waals surface area contributed by atoms with Crippen molar-refractivity contribution in [1.29, 1.82) is 0 Å². The molecular formula is C46H86O8. The van der Waals surface area contributed by atoms with Crippen molar-refractivity contribution in [2.45, 2.75) is 270 Å². The monoisotopic (exact) mass is 767 g/mol. The standard InChI is InChI=1S/C46H86O8/c1-3-5-7-25-33-41(35-27-19-13-9-11-15-21-29-37-43(47)48)53-45(51)39-31-23-17-18-24-32-40-46(52)54-42(34-26-8-6-4-2)36-28-20-14-10-12-16-22-30-38-44(49)50/h41-42H,3-40H2,1-2H3,(H,47,48)(H,49,50). The summed E-state index contributed by atoms with van der Waals surface area (Å²) in [6, 6.07) is 0. The third-order valence-electron chi connectivity index (χ3n) is 10.7. The predicted octanol–water partition coefficient (Wildman–Crippen LogP) is 13.8. The third kappa shape index (κ3) is 39.6. The number of hydrogen-bond acceptors (Lipinski definition) is 6. The van der Waals surface area contributed by atoms with Gasteiger partial charge in [0.2, 0.25) is 0 Å². The Balaban J connectivity index is 4.15. The minimum Gasteiger partial charge on any atom is -0.481 e. The highest BCUT2D eigenvalue weighted by molar-refractivity contribution is 5.70. The summed E-state index contributed by atoms with van der Waals surface area (Å²) in [7, 11) is 0. The molecule has 0 aliphatic carbocycles. The molecule has 0 aliphatic rings. The third-order valence-corrected chi connectivity index (χ3v) is 10.7. The SMILES string of the molecule is CCCCCCC(CCCCCCCCCCC(=O)O)OC(=O)CCCCCCCCC(=O)OC(CCCCCC)CCCCCCCCCCC(=O)O. The molecule has 318 valence electrons. The molecule has 0 rings (SSSR count). The van der Waals surface area contributed by atoms with Gasteiger partial charge in [0.1, 0.15) is 12.2 Å². The first kappa shape index (κ1) is 51.9. The van der Waals surface area contributed by atoms with Crippen molar-refractivity contribution in [2.75, 3.05) is 0 Å². The lowest BCUT2D eigenvalue weighted by Gasteiger charge is -2.18. The van der Waals surface area contributed by atoms with Gasteiger partial charge in [-0.05, 0) is 77.0 Å². The highest BCUT2D eigenvalue weighted by Crippen LogP contribution is 2.20. The van der Waals surface area contributed by atoms with Gasteiger partial charge in [0.25, 0.3) is 0 Å². The van der Waals surface area contributed by atoms with Crippen LogP contribution in [0.2, 0.25) is 0 Å². The van der Waals surface area contributed by atoms with Gasteiger partial charge in [0, 0.05) is 25.7 Å². The lowest BCUT2D eigenvalue weighted by Crippen LogP contribution is -2.18. The van der Waals surface area contributed by atoms with E-state index >= 15 is 0 Å². The smallest absolute Gasteiger partial charge is 0.306 e. The molecule has 54 heavy (non-hydrogen) atoms. The van der Waals surface area contributed by atoms with Gasteiger partial charge in [-0.2, -0.15) is 0 Å². The van der Waals surface area contributed by atoms with E-state index in [-0.39, 0.29) is 37.0 Å². The number of rotatable bonds is 43. The Labute approximate surface area is 332 Å². The summed E-state index contributed by atoms with van der Waals surface area (Å²) >= 11 is 0. The normalized spacial score (nSPS) is 12.4. The Hall–Kier alpha value is -2.12. The van der Waals surface area contributed by atoms with E-state index in [1.807, 2.05) is 0 Å². The van der Waals surface area contributed by atoms with E-state index in [1.54, 1.807) is 0 Å². The van der Waals surface area contributed by atoms with Crippen molar-refractivity contribution in [1.82, 2.24) is 0 Å². The molecule has 0 amide bonds. The minimum atomic E-state index is -0.699. The molecule has 2 atom stereocenters. The molecule has 0 aliphatic heterocycles. The maximum absolute atomic E-state index is 12.7. The fraction of sp³-hybridized carbons (Fsp3) is 0.913.